The number of H-pyrrole nitrogens is 1. The number of aromatic nitrogens is 4. The number of hydrogen-bond acceptors (Lipinski definition) is 7. The van der Waals surface area contributed by atoms with Gasteiger partial charge in [-0.25, -0.2) is 14.8 Å². The first-order chi connectivity index (χ1) is 18.0. The van der Waals surface area contributed by atoms with Gasteiger partial charge >= 0.3 is 12.1 Å². The van der Waals surface area contributed by atoms with Crippen LogP contribution in [-0.4, -0.2) is 88.1 Å². The van der Waals surface area contributed by atoms with E-state index in [-0.39, 0.29) is 0 Å². The summed E-state index contributed by atoms with van der Waals surface area (Å²) in [4.78, 5) is 25.2. The number of alkyl halides is 3. The minimum absolute atomic E-state index is 0.760. The number of carboxylic acids is 1. The Morgan fingerprint density at radius 2 is 1.76 bits per heavy atom. The summed E-state index contributed by atoms with van der Waals surface area (Å²) in [6.45, 7) is 13.5. The second-order valence-corrected chi connectivity index (χ2v) is 9.37. The summed E-state index contributed by atoms with van der Waals surface area (Å²) in [6.07, 6.45) is -1.41. The van der Waals surface area contributed by atoms with E-state index in [1.807, 2.05) is 6.07 Å². The van der Waals surface area contributed by atoms with Crippen LogP contribution < -0.4 is 9.80 Å². The fourth-order valence-electron chi connectivity index (χ4n) is 4.42. The monoisotopic (exact) mass is 555 g/mol. The van der Waals surface area contributed by atoms with Crippen LogP contribution in [-0.2, 0) is 11.2 Å². The fraction of sp³-hybridized carbons (Fsp3) is 0.520. The summed E-state index contributed by atoms with van der Waals surface area (Å²) >= 11 is 6.24. The van der Waals surface area contributed by atoms with Crippen molar-refractivity contribution < 1.29 is 23.1 Å². The van der Waals surface area contributed by atoms with Gasteiger partial charge in [0, 0.05) is 42.6 Å². The molecule has 0 saturated carbocycles. The van der Waals surface area contributed by atoms with E-state index < -0.39 is 12.1 Å². The quantitative estimate of drug-likeness (QED) is 0.417. The number of benzene rings is 1. The standard InChI is InChI=1S/C23H32ClN7.C2HF3O2/c1-4-29(5-2)10-6-7-19-21-22(28-27-19)25-16-26-23(21)31-13-11-30(12-14-31)20-15-18(24)9-8-17(20)3;3-2(4,5)1(6)7/h8-9,15-16H,4-7,10-14H2,1-3H3,(H,25,26,27,28);(H,6,7). The molecule has 0 radical (unpaired) electrons. The topological polar surface area (TPSA) is 101 Å². The molecule has 0 bridgehead atoms. The maximum Gasteiger partial charge on any atom is 0.490 e. The van der Waals surface area contributed by atoms with Crippen molar-refractivity contribution in [2.24, 2.45) is 0 Å². The van der Waals surface area contributed by atoms with E-state index in [0.717, 1.165) is 86.2 Å². The number of hydrogen-bond donors (Lipinski definition) is 2. The largest absolute Gasteiger partial charge is 0.490 e. The summed E-state index contributed by atoms with van der Waals surface area (Å²) in [5, 5.41) is 16.7. The number of anilines is 2. The molecule has 1 aliphatic rings. The second kappa shape index (κ2) is 13.1. The van der Waals surface area contributed by atoms with E-state index in [1.54, 1.807) is 6.33 Å². The summed E-state index contributed by atoms with van der Waals surface area (Å²) < 4.78 is 31.7. The van der Waals surface area contributed by atoms with Gasteiger partial charge in [-0.3, -0.25) is 5.10 Å². The molecule has 9 nitrogen and oxygen atoms in total. The Morgan fingerprint density at radius 3 is 2.37 bits per heavy atom. The Balaban J connectivity index is 0.000000505. The molecular formula is C25H33ClF3N7O2. The smallest absolute Gasteiger partial charge is 0.475 e. The molecule has 1 saturated heterocycles. The predicted molar refractivity (Wildman–Crippen MR) is 142 cm³/mol. The first kappa shape index (κ1) is 29.4. The molecule has 0 atom stereocenters. The van der Waals surface area contributed by atoms with Gasteiger partial charge in [-0.15, -0.1) is 0 Å². The van der Waals surface area contributed by atoms with Gasteiger partial charge in [0.25, 0.3) is 0 Å². The van der Waals surface area contributed by atoms with Crippen LogP contribution in [0.15, 0.2) is 24.5 Å². The van der Waals surface area contributed by atoms with Crippen molar-refractivity contribution in [1.82, 2.24) is 25.1 Å². The lowest BCUT2D eigenvalue weighted by Gasteiger charge is -2.37. The molecule has 0 unspecified atom stereocenters. The summed E-state index contributed by atoms with van der Waals surface area (Å²) in [6, 6.07) is 6.11. The number of carboxylic acid groups (broad SMARTS) is 1. The first-order valence-corrected chi connectivity index (χ1v) is 12.9. The third-order valence-corrected chi connectivity index (χ3v) is 6.77. The zero-order valence-corrected chi connectivity index (χ0v) is 22.5. The number of nitrogens with one attached hydrogen (secondary N) is 1. The maximum absolute atomic E-state index is 10.6. The molecule has 0 aliphatic carbocycles. The van der Waals surface area contributed by atoms with Gasteiger partial charge in [-0.2, -0.15) is 18.3 Å². The molecule has 1 aromatic carbocycles. The Kier molecular flexibility index (Phi) is 10.1. The molecule has 2 N–H and O–H groups in total. The van der Waals surface area contributed by atoms with Gasteiger partial charge in [-0.05, 0) is 57.1 Å². The highest BCUT2D eigenvalue weighted by atomic mass is 35.5. The van der Waals surface area contributed by atoms with Crippen molar-refractivity contribution in [3.63, 3.8) is 0 Å². The van der Waals surface area contributed by atoms with Crippen LogP contribution in [0.3, 0.4) is 0 Å². The highest BCUT2D eigenvalue weighted by Gasteiger charge is 2.38. The zero-order chi connectivity index (χ0) is 27.9. The van der Waals surface area contributed by atoms with Crippen LogP contribution >= 0.6 is 11.6 Å². The van der Waals surface area contributed by atoms with Gasteiger partial charge in [-0.1, -0.05) is 31.5 Å². The third kappa shape index (κ3) is 7.47. The summed E-state index contributed by atoms with van der Waals surface area (Å²) in [5.41, 5.74) is 4.38. The first-order valence-electron chi connectivity index (χ1n) is 12.5. The Morgan fingerprint density at radius 1 is 1.13 bits per heavy atom. The van der Waals surface area contributed by atoms with Crippen molar-refractivity contribution in [3.8, 4) is 0 Å². The molecule has 0 amide bonds. The molecule has 0 spiro atoms. The lowest BCUT2D eigenvalue weighted by atomic mass is 10.1. The second-order valence-electron chi connectivity index (χ2n) is 8.94. The van der Waals surface area contributed by atoms with Crippen LogP contribution in [0.1, 0.15) is 31.5 Å². The number of rotatable bonds is 8. The fourth-order valence-corrected chi connectivity index (χ4v) is 4.59. The summed E-state index contributed by atoms with van der Waals surface area (Å²) in [7, 11) is 0. The Bertz CT molecular complexity index is 1210. The maximum atomic E-state index is 10.6. The number of aryl methyl sites for hydroxylation is 2. The van der Waals surface area contributed by atoms with Crippen LogP contribution in [0, 0.1) is 6.92 Å². The van der Waals surface area contributed by atoms with Crippen molar-refractivity contribution >= 4 is 40.1 Å². The zero-order valence-electron chi connectivity index (χ0n) is 21.7. The average Bonchev–Trinajstić information content (AvgIpc) is 3.31. The van der Waals surface area contributed by atoms with Crippen molar-refractivity contribution in [2.45, 2.75) is 39.8 Å². The lowest BCUT2D eigenvalue weighted by Crippen LogP contribution is -2.47. The number of halogens is 4. The molecule has 2 aromatic heterocycles. The average molecular weight is 556 g/mol. The number of fused-ring (bicyclic) bond motifs is 1. The van der Waals surface area contributed by atoms with E-state index in [2.05, 4.69) is 67.8 Å². The normalized spacial score (nSPS) is 14.1. The predicted octanol–water partition coefficient (Wildman–Crippen LogP) is 4.55. The van der Waals surface area contributed by atoms with Gasteiger partial charge < -0.3 is 19.8 Å². The minimum atomic E-state index is -5.08. The molecule has 13 heteroatoms. The highest BCUT2D eigenvalue weighted by Crippen LogP contribution is 2.29. The number of aromatic amines is 1. The van der Waals surface area contributed by atoms with Crippen LogP contribution in [0.25, 0.3) is 11.0 Å². The molecule has 3 aromatic rings. The van der Waals surface area contributed by atoms with Crippen molar-refractivity contribution in [2.75, 3.05) is 55.6 Å². The van der Waals surface area contributed by atoms with E-state index >= 15 is 0 Å². The van der Waals surface area contributed by atoms with E-state index in [9.17, 15) is 13.2 Å². The van der Waals surface area contributed by atoms with Gasteiger partial charge in [0.1, 0.15) is 12.1 Å². The number of nitrogens with zero attached hydrogens (tertiary/aromatic N) is 6. The molecular weight excluding hydrogens is 523 g/mol. The minimum Gasteiger partial charge on any atom is -0.475 e. The molecule has 1 aliphatic heterocycles. The van der Waals surface area contributed by atoms with E-state index in [4.69, 9.17) is 21.5 Å². The van der Waals surface area contributed by atoms with Gasteiger partial charge in [0.05, 0.1) is 5.39 Å². The van der Waals surface area contributed by atoms with Crippen LogP contribution in [0.4, 0.5) is 24.7 Å². The van der Waals surface area contributed by atoms with Gasteiger partial charge in [0.15, 0.2) is 5.65 Å². The van der Waals surface area contributed by atoms with Gasteiger partial charge in [0.2, 0.25) is 0 Å². The van der Waals surface area contributed by atoms with Crippen molar-refractivity contribution in [3.05, 3.63) is 40.8 Å². The van der Waals surface area contributed by atoms with Crippen LogP contribution in [0.5, 0.6) is 0 Å². The Hall–Kier alpha value is -3.12. The highest BCUT2D eigenvalue weighted by molar-refractivity contribution is 6.30. The van der Waals surface area contributed by atoms with E-state index in [1.165, 1.54) is 11.3 Å². The number of piperazine rings is 1. The molecule has 208 valence electrons. The molecule has 38 heavy (non-hydrogen) atoms. The molecule has 4 rings (SSSR count). The molecule has 3 heterocycles. The Labute approximate surface area is 224 Å². The summed E-state index contributed by atoms with van der Waals surface area (Å²) in [5.74, 6) is -1.76. The SMILES string of the molecule is CCN(CC)CCCc1[nH]nc2ncnc(N3CCN(c4cc(Cl)ccc4C)CC3)c12.O=C(O)C(F)(F)F. The van der Waals surface area contributed by atoms with Crippen LogP contribution in [0.2, 0.25) is 5.02 Å². The molecule has 1 fully saturated rings. The third-order valence-electron chi connectivity index (χ3n) is 6.53. The van der Waals surface area contributed by atoms with E-state index in [0.29, 0.717) is 0 Å². The lowest BCUT2D eigenvalue weighted by molar-refractivity contribution is -0.192. The van der Waals surface area contributed by atoms with Crippen molar-refractivity contribution in [1.29, 1.82) is 0 Å². The number of carbonyl (C=O) groups is 1. The number of aliphatic carboxylic acids is 1.